The van der Waals surface area contributed by atoms with Gasteiger partial charge in [-0.05, 0) is 139 Å². The number of carboxylic acids is 1. The third-order valence-corrected chi connectivity index (χ3v) is 16.1. The Morgan fingerprint density at radius 1 is 0.939 bits per heavy atom. The van der Waals surface area contributed by atoms with Crippen LogP contribution in [0.5, 0.6) is 0 Å². The second kappa shape index (κ2) is 12.0. The zero-order chi connectivity index (χ0) is 35.1. The molecule has 49 heavy (non-hydrogen) atoms. The number of aliphatic hydroxyl groups is 1. The number of carbonyl (C=O) groups is 2. The van der Waals surface area contributed by atoms with Gasteiger partial charge in [0.1, 0.15) is 0 Å². The summed E-state index contributed by atoms with van der Waals surface area (Å²) in [5, 5.41) is 26.9. The van der Waals surface area contributed by atoms with Gasteiger partial charge in [-0.15, -0.1) is 0 Å². The van der Waals surface area contributed by atoms with E-state index in [9.17, 15) is 19.8 Å². The fraction of sp³-hybridized carbons (Fsp3) is 0.714. The number of hydrogen-bond acceptors (Lipinski definition) is 4. The molecule has 5 fully saturated rings. The van der Waals surface area contributed by atoms with E-state index in [4.69, 9.17) is 0 Å². The van der Waals surface area contributed by atoms with Crippen molar-refractivity contribution in [3.05, 3.63) is 53.6 Å². The van der Waals surface area contributed by atoms with Crippen molar-refractivity contribution in [3.63, 3.8) is 0 Å². The highest BCUT2D eigenvalue weighted by Gasteiger charge is 2.70. The zero-order valence-corrected chi connectivity index (χ0v) is 30.9. The van der Waals surface area contributed by atoms with Crippen LogP contribution in [-0.4, -0.2) is 64.9 Å². The largest absolute Gasteiger partial charge is 0.478 e. The molecule has 5 aliphatic carbocycles. The molecular formula is C42H61N3O4. The van der Waals surface area contributed by atoms with Crippen LogP contribution in [0.4, 0.5) is 4.79 Å². The first-order valence-electron chi connectivity index (χ1n) is 19.2. The molecule has 4 saturated carbocycles. The molecule has 6 aliphatic rings. The molecule has 1 aromatic rings. The van der Waals surface area contributed by atoms with Gasteiger partial charge < -0.3 is 25.7 Å². The van der Waals surface area contributed by atoms with Gasteiger partial charge >= 0.3 is 12.0 Å². The number of nitrogens with one attached hydrogen (secondary N) is 2. The van der Waals surface area contributed by atoms with Crippen molar-refractivity contribution in [2.45, 2.75) is 111 Å². The minimum absolute atomic E-state index is 0.00346. The average molecular weight is 672 g/mol. The molecule has 0 radical (unpaired) electrons. The molecule has 2 amide bonds. The van der Waals surface area contributed by atoms with Crippen LogP contribution in [-0.2, 0) is 0 Å². The Kier molecular flexibility index (Phi) is 8.50. The maximum absolute atomic E-state index is 14.0. The number of fused-ring (bicyclic) bond motifs is 7. The number of amides is 2. The van der Waals surface area contributed by atoms with Crippen LogP contribution in [0.2, 0.25) is 0 Å². The highest BCUT2D eigenvalue weighted by atomic mass is 16.4. The quantitative estimate of drug-likeness (QED) is 0.245. The van der Waals surface area contributed by atoms with Crippen LogP contribution < -0.4 is 10.6 Å². The van der Waals surface area contributed by atoms with Gasteiger partial charge in [-0.1, -0.05) is 65.0 Å². The third kappa shape index (κ3) is 5.18. The molecular weight excluding hydrogens is 610 g/mol. The number of carboxylic acid groups (broad SMARTS) is 1. The van der Waals surface area contributed by atoms with Gasteiger partial charge in [0.15, 0.2) is 0 Å². The lowest BCUT2D eigenvalue weighted by Gasteiger charge is -2.72. The van der Waals surface area contributed by atoms with E-state index in [1.165, 1.54) is 36.8 Å². The van der Waals surface area contributed by atoms with E-state index in [2.05, 4.69) is 64.8 Å². The molecule has 1 aromatic carbocycles. The van der Waals surface area contributed by atoms with Crippen LogP contribution in [0, 0.1) is 51.2 Å². The fourth-order valence-corrected chi connectivity index (χ4v) is 13.6. The molecule has 7 heteroatoms. The maximum Gasteiger partial charge on any atom is 0.335 e. The lowest BCUT2D eigenvalue weighted by molar-refractivity contribution is -0.218. The number of allylic oxidation sites excluding steroid dienone is 3. The van der Waals surface area contributed by atoms with Gasteiger partial charge in [0.2, 0.25) is 0 Å². The lowest BCUT2D eigenvalue weighted by atomic mass is 9.33. The second-order valence-electron chi connectivity index (χ2n) is 18.5. The van der Waals surface area contributed by atoms with Gasteiger partial charge in [-0.2, -0.15) is 0 Å². The van der Waals surface area contributed by atoms with Crippen LogP contribution in [0.3, 0.4) is 0 Å². The van der Waals surface area contributed by atoms with E-state index >= 15 is 0 Å². The van der Waals surface area contributed by atoms with E-state index in [0.29, 0.717) is 61.3 Å². The highest BCUT2D eigenvalue weighted by molar-refractivity contribution is 5.88. The summed E-state index contributed by atoms with van der Waals surface area (Å²) in [7, 11) is 0. The zero-order valence-electron chi connectivity index (χ0n) is 30.9. The minimum Gasteiger partial charge on any atom is -0.478 e. The van der Waals surface area contributed by atoms with E-state index in [0.717, 1.165) is 37.7 Å². The Bertz CT molecular complexity index is 1530. The predicted molar refractivity (Wildman–Crippen MR) is 195 cm³/mol. The van der Waals surface area contributed by atoms with Crippen LogP contribution in [0.15, 0.2) is 42.5 Å². The molecule has 10 atom stereocenters. The normalized spacial score (nSPS) is 42.8. The fourth-order valence-electron chi connectivity index (χ4n) is 13.6. The van der Waals surface area contributed by atoms with Crippen molar-refractivity contribution in [2.24, 2.45) is 51.2 Å². The molecule has 10 unspecified atom stereocenters. The summed E-state index contributed by atoms with van der Waals surface area (Å²) in [6, 6.07) is 7.53. The van der Waals surface area contributed by atoms with Crippen molar-refractivity contribution in [1.29, 1.82) is 0 Å². The number of rotatable bonds is 4. The molecule has 0 bridgehead atoms. The van der Waals surface area contributed by atoms with Crippen molar-refractivity contribution < 1.29 is 19.8 Å². The number of aliphatic hydroxyl groups excluding tert-OH is 1. The first-order valence-corrected chi connectivity index (χ1v) is 19.2. The summed E-state index contributed by atoms with van der Waals surface area (Å²) in [6.07, 6.45) is 12.1. The van der Waals surface area contributed by atoms with E-state index in [1.807, 2.05) is 17.0 Å². The number of benzene rings is 1. The van der Waals surface area contributed by atoms with Crippen molar-refractivity contribution >= 4 is 17.6 Å². The molecule has 7 rings (SSSR count). The predicted octanol–water partition coefficient (Wildman–Crippen LogP) is 7.76. The molecule has 0 spiro atoms. The maximum atomic E-state index is 14.0. The van der Waals surface area contributed by atoms with Crippen molar-refractivity contribution in [2.75, 3.05) is 26.2 Å². The van der Waals surface area contributed by atoms with Crippen molar-refractivity contribution in [3.8, 4) is 0 Å². The third-order valence-electron chi connectivity index (χ3n) is 16.1. The smallest absolute Gasteiger partial charge is 0.335 e. The molecule has 1 heterocycles. The van der Waals surface area contributed by atoms with Crippen LogP contribution in [0.25, 0.3) is 5.57 Å². The molecule has 4 N–H and O–H groups in total. The minimum atomic E-state index is -0.879. The van der Waals surface area contributed by atoms with Crippen LogP contribution >= 0.6 is 0 Å². The van der Waals surface area contributed by atoms with E-state index in [-0.39, 0.29) is 33.2 Å². The highest BCUT2D eigenvalue weighted by Crippen LogP contribution is 2.76. The number of nitrogens with zero attached hydrogens (tertiary/aromatic N) is 1. The average Bonchev–Trinajstić information content (AvgIpc) is 3.27. The summed E-state index contributed by atoms with van der Waals surface area (Å²) < 4.78 is 0. The van der Waals surface area contributed by atoms with E-state index in [1.54, 1.807) is 12.1 Å². The monoisotopic (exact) mass is 671 g/mol. The number of β-amino-alcohol motifs (C(OH)–C–C–N with tert-alkyl or cyclic N) is 1. The van der Waals surface area contributed by atoms with E-state index < -0.39 is 12.1 Å². The number of urea groups is 1. The standard InChI is InChI=1S/C42H61N3O4/c1-26(2)30-14-19-42(44-37(49)45-23-22-43-24-29(46)25-45)21-20-40(6)32(35(30)42)12-13-34-39(5)17-15-31(27-8-10-28(11-9-27)36(47)48)38(3,4)33(39)16-18-41(34,40)7/h8-11,15,29-30,32-35,43,46H,1,12-14,16-25H2,2-7H3,(H,44,49)(H,47,48). The second-order valence-corrected chi connectivity index (χ2v) is 18.5. The Balaban J connectivity index is 1.19. The number of carbonyl (C=O) groups excluding carboxylic acids is 1. The van der Waals surface area contributed by atoms with Gasteiger partial charge in [0.05, 0.1) is 11.7 Å². The van der Waals surface area contributed by atoms with Crippen molar-refractivity contribution in [1.82, 2.24) is 15.5 Å². The summed E-state index contributed by atoms with van der Waals surface area (Å²) in [4.78, 5) is 27.4. The molecule has 7 nitrogen and oxygen atoms in total. The topological polar surface area (TPSA) is 102 Å². The van der Waals surface area contributed by atoms with Gasteiger partial charge in [-0.25, -0.2) is 9.59 Å². The Hall–Kier alpha value is -2.64. The number of hydrogen-bond donors (Lipinski definition) is 4. The first-order chi connectivity index (χ1) is 23.1. The molecule has 0 aromatic heterocycles. The van der Waals surface area contributed by atoms with Gasteiger partial charge in [-0.3, -0.25) is 0 Å². The molecule has 268 valence electrons. The summed E-state index contributed by atoms with van der Waals surface area (Å²) in [6.45, 7) is 21.8. The first kappa shape index (κ1) is 34.8. The molecule has 1 saturated heterocycles. The summed E-state index contributed by atoms with van der Waals surface area (Å²) in [5.74, 6) is 1.61. The summed E-state index contributed by atoms with van der Waals surface area (Å²) >= 11 is 0. The molecule has 1 aliphatic heterocycles. The lowest BCUT2D eigenvalue weighted by Crippen LogP contribution is -2.69. The Morgan fingerprint density at radius 2 is 1.67 bits per heavy atom. The Labute approximate surface area is 294 Å². The SMILES string of the molecule is C=C(C)C1CCC2(NC(=O)N3CCNCC(O)C3)CCC3(C)C(CCC4C5(C)CC=C(c6ccc(C(=O)O)cc6)C(C)(C)C5CCC43C)C12. The number of aromatic carboxylic acids is 1. The van der Waals surface area contributed by atoms with Gasteiger partial charge in [0, 0.05) is 31.7 Å². The van der Waals surface area contributed by atoms with Gasteiger partial charge in [0.25, 0.3) is 0 Å². The Morgan fingerprint density at radius 3 is 2.37 bits per heavy atom. The summed E-state index contributed by atoms with van der Waals surface area (Å²) in [5.41, 5.74) is 4.45. The van der Waals surface area contributed by atoms with Crippen LogP contribution in [0.1, 0.15) is 115 Å².